The molecule has 0 N–H and O–H groups in total. The zero-order chi connectivity index (χ0) is 7.33. The van der Waals surface area contributed by atoms with Gasteiger partial charge in [-0.2, -0.15) is 11.8 Å². The molecule has 0 aromatic carbocycles. The second kappa shape index (κ2) is 4.37. The Balaban J connectivity index is 3.58. The van der Waals surface area contributed by atoms with Gasteiger partial charge in [0.15, 0.2) is 0 Å². The average Bonchev–Trinajstić information content (AvgIpc) is 1.64. The van der Waals surface area contributed by atoms with Gasteiger partial charge >= 0.3 is 0 Å². The Morgan fingerprint density at radius 2 is 2.22 bits per heavy atom. The first-order chi connectivity index (χ1) is 4.12. The van der Waals surface area contributed by atoms with Crippen LogP contribution in [0.15, 0.2) is 0 Å². The van der Waals surface area contributed by atoms with Gasteiger partial charge in [0.25, 0.3) is 0 Å². The lowest BCUT2D eigenvalue weighted by molar-refractivity contribution is 0.340. The van der Waals surface area contributed by atoms with Crippen molar-refractivity contribution in [2.75, 3.05) is 25.0 Å². The molecule has 0 bridgehead atoms. The first-order valence-electron chi connectivity index (χ1n) is 2.82. The van der Waals surface area contributed by atoms with Crippen LogP contribution in [-0.2, 0) is 9.09 Å². The lowest BCUT2D eigenvalue weighted by Gasteiger charge is -2.09. The smallest absolute Gasteiger partial charge is 0.209 e. The molecular weight excluding hydrogens is 155 g/mol. The van der Waals surface area contributed by atoms with Crippen molar-refractivity contribution in [3.63, 3.8) is 0 Å². The molecule has 4 heteroatoms. The van der Waals surface area contributed by atoms with Crippen LogP contribution in [-0.4, -0.2) is 25.0 Å². The van der Waals surface area contributed by atoms with Crippen LogP contribution in [0.4, 0.5) is 0 Å². The van der Waals surface area contributed by atoms with Crippen molar-refractivity contribution >= 4 is 19.1 Å². The van der Waals surface area contributed by atoms with E-state index in [1.165, 1.54) is 0 Å². The summed E-state index contributed by atoms with van der Waals surface area (Å²) in [6.07, 6.45) is 1.93. The normalized spacial score (nSPS) is 17.2. The van der Waals surface area contributed by atoms with Gasteiger partial charge in [0.05, 0.1) is 12.1 Å². The Labute approximate surface area is 60.8 Å². The van der Waals surface area contributed by atoms with Gasteiger partial charge in [0, 0.05) is 6.66 Å². The monoisotopic (exact) mass is 168 g/mol. The maximum atomic E-state index is 11.2. The van der Waals surface area contributed by atoms with Crippen LogP contribution in [0.1, 0.15) is 6.92 Å². The SMILES string of the molecule is CCOP(C)(=O)CSC. The molecule has 0 aliphatic rings. The summed E-state index contributed by atoms with van der Waals surface area (Å²) >= 11 is 1.56. The Bertz CT molecular complexity index is 106. The number of rotatable bonds is 4. The molecule has 2 nitrogen and oxygen atoms in total. The molecule has 0 rings (SSSR count). The van der Waals surface area contributed by atoms with E-state index in [-0.39, 0.29) is 0 Å². The molecule has 0 radical (unpaired) electrons. The maximum absolute atomic E-state index is 11.2. The van der Waals surface area contributed by atoms with Crippen LogP contribution in [0.5, 0.6) is 0 Å². The molecule has 0 saturated heterocycles. The van der Waals surface area contributed by atoms with E-state index in [4.69, 9.17) is 4.52 Å². The minimum atomic E-state index is -2.23. The topological polar surface area (TPSA) is 26.3 Å². The van der Waals surface area contributed by atoms with E-state index in [0.29, 0.717) is 12.1 Å². The molecule has 0 aliphatic carbocycles. The van der Waals surface area contributed by atoms with Gasteiger partial charge in [0.1, 0.15) is 0 Å². The molecule has 0 spiro atoms. The molecule has 56 valence electrons. The molecule has 1 unspecified atom stereocenters. The molecule has 0 saturated carbocycles. The Morgan fingerprint density at radius 3 is 2.56 bits per heavy atom. The summed E-state index contributed by atoms with van der Waals surface area (Å²) in [4.78, 5) is 0. The summed E-state index contributed by atoms with van der Waals surface area (Å²) in [6, 6.07) is 0. The third-order valence-corrected chi connectivity index (χ3v) is 4.48. The molecule has 0 aromatic rings. The fraction of sp³-hybridized carbons (Fsp3) is 1.00. The van der Waals surface area contributed by atoms with Gasteiger partial charge in [-0.25, -0.2) is 0 Å². The highest BCUT2D eigenvalue weighted by molar-refractivity contribution is 8.04. The van der Waals surface area contributed by atoms with E-state index in [2.05, 4.69) is 0 Å². The molecule has 9 heavy (non-hydrogen) atoms. The zero-order valence-corrected chi connectivity index (χ0v) is 7.80. The van der Waals surface area contributed by atoms with E-state index in [9.17, 15) is 4.57 Å². The average molecular weight is 168 g/mol. The highest BCUT2D eigenvalue weighted by atomic mass is 32.2. The lowest BCUT2D eigenvalue weighted by atomic mass is 10.9. The third kappa shape index (κ3) is 5.01. The zero-order valence-electron chi connectivity index (χ0n) is 6.09. The summed E-state index contributed by atoms with van der Waals surface area (Å²) in [7, 11) is -2.23. The summed E-state index contributed by atoms with van der Waals surface area (Å²) < 4.78 is 16.2. The van der Waals surface area contributed by atoms with E-state index in [1.54, 1.807) is 18.4 Å². The first kappa shape index (κ1) is 9.54. The highest BCUT2D eigenvalue weighted by Gasteiger charge is 2.12. The minimum absolute atomic E-state index is 0.550. The van der Waals surface area contributed by atoms with Crippen LogP contribution in [0, 0.1) is 0 Å². The fourth-order valence-corrected chi connectivity index (χ4v) is 3.27. The summed E-state index contributed by atoms with van der Waals surface area (Å²) in [5.41, 5.74) is 0.626. The van der Waals surface area contributed by atoms with Gasteiger partial charge in [-0.05, 0) is 13.2 Å². The van der Waals surface area contributed by atoms with Crippen molar-refractivity contribution in [2.24, 2.45) is 0 Å². The largest absolute Gasteiger partial charge is 0.328 e. The van der Waals surface area contributed by atoms with Crippen molar-refractivity contribution in [2.45, 2.75) is 6.92 Å². The first-order valence-corrected chi connectivity index (χ1v) is 6.47. The standard InChI is InChI=1S/C5H13O2PS/c1-4-7-8(2,6)5-9-3/h4-5H2,1-3H3. The molecule has 1 atom stereocenters. The van der Waals surface area contributed by atoms with Crippen LogP contribution >= 0.6 is 19.1 Å². The second-order valence-electron chi connectivity index (χ2n) is 1.85. The van der Waals surface area contributed by atoms with E-state index < -0.39 is 7.37 Å². The Hall–Kier alpha value is 0.540. The number of hydrogen-bond donors (Lipinski definition) is 0. The van der Waals surface area contributed by atoms with Crippen molar-refractivity contribution in [3.05, 3.63) is 0 Å². The molecule has 0 aromatic heterocycles. The van der Waals surface area contributed by atoms with Crippen molar-refractivity contribution < 1.29 is 9.09 Å². The van der Waals surface area contributed by atoms with Gasteiger partial charge in [-0.3, -0.25) is 4.57 Å². The minimum Gasteiger partial charge on any atom is -0.328 e. The molecular formula is C5H13O2PS. The van der Waals surface area contributed by atoms with E-state index in [1.807, 2.05) is 13.2 Å². The Kier molecular flexibility index (Phi) is 4.63. The van der Waals surface area contributed by atoms with Crippen molar-refractivity contribution in [1.82, 2.24) is 0 Å². The van der Waals surface area contributed by atoms with Crippen LogP contribution in [0.3, 0.4) is 0 Å². The summed E-state index contributed by atoms with van der Waals surface area (Å²) in [6.45, 7) is 4.08. The lowest BCUT2D eigenvalue weighted by Crippen LogP contribution is -1.89. The van der Waals surface area contributed by atoms with Crippen LogP contribution < -0.4 is 0 Å². The number of thioether (sulfide) groups is 1. The second-order valence-corrected chi connectivity index (χ2v) is 5.75. The summed E-state index contributed by atoms with van der Waals surface area (Å²) in [5, 5.41) is 0. The van der Waals surface area contributed by atoms with Crippen molar-refractivity contribution in [1.29, 1.82) is 0 Å². The van der Waals surface area contributed by atoms with Gasteiger partial charge in [-0.1, -0.05) is 0 Å². The van der Waals surface area contributed by atoms with Crippen LogP contribution in [0.2, 0.25) is 0 Å². The van der Waals surface area contributed by atoms with E-state index in [0.717, 1.165) is 0 Å². The highest BCUT2D eigenvalue weighted by Crippen LogP contribution is 2.44. The maximum Gasteiger partial charge on any atom is 0.209 e. The Morgan fingerprint density at radius 1 is 1.67 bits per heavy atom. The van der Waals surface area contributed by atoms with Gasteiger partial charge in [-0.15, -0.1) is 0 Å². The van der Waals surface area contributed by atoms with Gasteiger partial charge < -0.3 is 4.52 Å². The number of hydrogen-bond acceptors (Lipinski definition) is 3. The molecule has 0 heterocycles. The molecule has 0 amide bonds. The van der Waals surface area contributed by atoms with Gasteiger partial charge in [0.2, 0.25) is 7.37 Å². The van der Waals surface area contributed by atoms with Crippen molar-refractivity contribution in [3.8, 4) is 0 Å². The molecule has 0 fully saturated rings. The predicted molar refractivity (Wildman–Crippen MR) is 43.5 cm³/mol. The van der Waals surface area contributed by atoms with Crippen LogP contribution in [0.25, 0.3) is 0 Å². The third-order valence-electron chi connectivity index (χ3n) is 0.766. The molecule has 0 aliphatic heterocycles. The van der Waals surface area contributed by atoms with E-state index >= 15 is 0 Å². The fourth-order valence-electron chi connectivity index (χ4n) is 0.545. The predicted octanol–water partition coefficient (Wildman–Crippen LogP) is 2.25. The summed E-state index contributed by atoms with van der Waals surface area (Å²) in [5.74, 6) is 0. The quantitative estimate of drug-likeness (QED) is 0.602.